The Bertz CT molecular complexity index is 3320. The molecule has 0 radical (unpaired) electrons. The van der Waals surface area contributed by atoms with Gasteiger partial charge in [0.05, 0.1) is 0 Å². The van der Waals surface area contributed by atoms with Gasteiger partial charge in [-0.3, -0.25) is 0 Å². The average Bonchev–Trinajstić information content (AvgIpc) is 3.36. The van der Waals surface area contributed by atoms with E-state index in [0.29, 0.717) is 0 Å². The predicted octanol–water partition coefficient (Wildman–Crippen LogP) is 13.7. The van der Waals surface area contributed by atoms with Gasteiger partial charge in [0.15, 0.2) is 0 Å². The van der Waals surface area contributed by atoms with Crippen molar-refractivity contribution in [1.82, 2.24) is 0 Å². The van der Waals surface area contributed by atoms with E-state index < -0.39 is 0 Å². The monoisotopic (exact) mass is 912 g/mol. The van der Waals surface area contributed by atoms with Crippen LogP contribution in [0.25, 0.3) is 0 Å². The highest BCUT2D eigenvalue weighted by molar-refractivity contribution is 5.60. The van der Waals surface area contributed by atoms with Crippen molar-refractivity contribution in [1.29, 1.82) is 0 Å². The molecule has 0 N–H and O–H groups in total. The summed E-state index contributed by atoms with van der Waals surface area (Å²) in [5, 5.41) is 0. The van der Waals surface area contributed by atoms with Crippen LogP contribution in [0.5, 0.6) is 0 Å². The Morgan fingerprint density at radius 2 is 0.264 bits per heavy atom. The molecule has 16 bridgehead atoms. The lowest BCUT2D eigenvalue weighted by molar-refractivity contribution is 1.40. The summed E-state index contributed by atoms with van der Waals surface area (Å²) in [6, 6.07) is 49.5. The summed E-state index contributed by atoms with van der Waals surface area (Å²) in [4.78, 5) is 0. The maximum atomic E-state index is 3.39. The van der Waals surface area contributed by atoms with E-state index in [0.717, 1.165) is 134 Å². The van der Waals surface area contributed by atoms with Crippen LogP contribution in [0, 0.1) is 150 Å². The Kier molecular flexibility index (Phi) is 14.0. The molecule has 0 amide bonds. The Balaban J connectivity index is 1.00. The van der Waals surface area contributed by atoms with Gasteiger partial charge < -0.3 is 0 Å². The third-order valence-electron chi connectivity index (χ3n) is 12.5. The summed E-state index contributed by atoms with van der Waals surface area (Å²) in [5.74, 6) is 53.9. The summed E-state index contributed by atoms with van der Waals surface area (Å²) in [6.45, 7) is 16.6. The molecule has 0 heteroatoms. The van der Waals surface area contributed by atoms with Crippen LogP contribution >= 0.6 is 0 Å². The third kappa shape index (κ3) is 11.7. The molecule has 22 aliphatic rings. The highest BCUT2D eigenvalue weighted by Crippen LogP contribution is 2.19. The van der Waals surface area contributed by atoms with Crippen LogP contribution in [0.2, 0.25) is 0 Å². The number of benzene rings is 8. The molecule has 0 aromatic heterocycles. The first-order chi connectivity index (χ1) is 34.9. The fraction of sp³-hybridized carbons (Fsp3) is 0.111. The zero-order chi connectivity index (χ0) is 50.1. The molecule has 0 saturated heterocycles. The fourth-order valence-corrected chi connectivity index (χ4v) is 8.17. The second-order valence-corrected chi connectivity index (χ2v) is 18.2. The standard InChI is InChI=1S/C72H48/c1-49-41-57-9-10-58-19-27-67(51(3)43-58)35-36-68-29-21-61(45-53(68)5)13-14-62-23-31-71(55(7)47-62)39-40-72-32-24-64(48-56(72)8)16-15-63-22-30-70(54(6)46-63)38-37-69-28-20-60(44-52(69)4)12-11-59-18-26-66(50(2)42-59)34-33-65(49)25-17-57/h17-32,41-48H,1-8H3. The summed E-state index contributed by atoms with van der Waals surface area (Å²) in [7, 11) is 0. The van der Waals surface area contributed by atoms with Crippen molar-refractivity contribution in [2.75, 3.05) is 0 Å². The Morgan fingerprint density at radius 1 is 0.153 bits per heavy atom. The van der Waals surface area contributed by atoms with E-state index >= 15 is 0 Å². The van der Waals surface area contributed by atoms with Crippen molar-refractivity contribution in [2.45, 2.75) is 55.4 Å². The lowest BCUT2D eigenvalue weighted by Crippen LogP contribution is -1.89. The predicted molar refractivity (Wildman–Crippen MR) is 297 cm³/mol. The van der Waals surface area contributed by atoms with Gasteiger partial charge in [0, 0.05) is 89.0 Å². The molecule has 0 unspecified atom stereocenters. The molecule has 72 heavy (non-hydrogen) atoms. The van der Waals surface area contributed by atoms with Gasteiger partial charge in [0.25, 0.3) is 0 Å². The third-order valence-corrected chi connectivity index (χ3v) is 12.5. The van der Waals surface area contributed by atoms with Crippen LogP contribution < -0.4 is 0 Å². The van der Waals surface area contributed by atoms with Crippen molar-refractivity contribution in [3.8, 4) is 94.7 Å². The van der Waals surface area contributed by atoms with Crippen LogP contribution in [-0.4, -0.2) is 0 Å². The molecule has 0 saturated carbocycles. The van der Waals surface area contributed by atoms with Gasteiger partial charge in [0.1, 0.15) is 0 Å². The molecule has 30 rings (SSSR count). The Morgan fingerprint density at radius 3 is 0.361 bits per heavy atom. The highest BCUT2D eigenvalue weighted by Gasteiger charge is 2.05. The maximum absolute atomic E-state index is 3.39. The zero-order valence-corrected chi connectivity index (χ0v) is 41.9. The molecule has 8 aromatic carbocycles. The summed E-state index contributed by atoms with van der Waals surface area (Å²) < 4.78 is 0. The lowest BCUT2D eigenvalue weighted by atomic mass is 10.0. The Hall–Kier alpha value is -9.76. The van der Waals surface area contributed by atoms with Crippen LogP contribution in [0.15, 0.2) is 146 Å². The smallest absolute Gasteiger partial charge is 0.0279 e. The largest absolute Gasteiger partial charge is 0.0616 e. The minimum absolute atomic E-state index is 0.942. The summed E-state index contributed by atoms with van der Waals surface area (Å²) in [5.41, 5.74) is 24.0. The molecule has 0 fully saturated rings. The van der Waals surface area contributed by atoms with Gasteiger partial charge in [-0.1, -0.05) is 94.7 Å². The number of aryl methyl sites for hydroxylation is 8. The molecule has 336 valence electrons. The highest BCUT2D eigenvalue weighted by atomic mass is 14.1. The summed E-state index contributed by atoms with van der Waals surface area (Å²) >= 11 is 0. The molecule has 22 aliphatic carbocycles. The van der Waals surface area contributed by atoms with E-state index in [-0.39, 0.29) is 0 Å². The Labute approximate surface area is 427 Å². The molecule has 8 aromatic rings. The molecule has 0 atom stereocenters. The van der Waals surface area contributed by atoms with E-state index in [1.807, 2.05) is 48.5 Å². The topological polar surface area (TPSA) is 0 Å². The van der Waals surface area contributed by atoms with E-state index in [9.17, 15) is 0 Å². The van der Waals surface area contributed by atoms with Gasteiger partial charge in [0.2, 0.25) is 0 Å². The number of hydrogen-bond donors (Lipinski definition) is 0. The van der Waals surface area contributed by atoms with Crippen LogP contribution in [0.4, 0.5) is 0 Å². The zero-order valence-electron chi connectivity index (χ0n) is 41.9. The van der Waals surface area contributed by atoms with Crippen LogP contribution in [0.1, 0.15) is 134 Å². The molecule has 0 spiro atoms. The minimum Gasteiger partial charge on any atom is -0.0616 e. The van der Waals surface area contributed by atoms with Crippen LogP contribution in [0.3, 0.4) is 0 Å². The normalized spacial score (nSPS) is 10.8. The van der Waals surface area contributed by atoms with E-state index in [1.54, 1.807) is 0 Å². The van der Waals surface area contributed by atoms with E-state index in [2.05, 4.69) is 247 Å². The lowest BCUT2D eigenvalue weighted by Gasteiger charge is -2.02. The second-order valence-electron chi connectivity index (χ2n) is 18.2. The van der Waals surface area contributed by atoms with Gasteiger partial charge >= 0.3 is 0 Å². The second kappa shape index (κ2) is 21.3. The van der Waals surface area contributed by atoms with Gasteiger partial charge in [-0.05, 0) is 245 Å². The van der Waals surface area contributed by atoms with Crippen molar-refractivity contribution < 1.29 is 0 Å². The van der Waals surface area contributed by atoms with Crippen molar-refractivity contribution in [2.24, 2.45) is 0 Å². The maximum Gasteiger partial charge on any atom is 0.0279 e. The first-order valence-electron chi connectivity index (χ1n) is 23.9. The first kappa shape index (κ1) is 47.3. The molecule has 0 nitrogen and oxygen atoms in total. The molecule has 0 aliphatic heterocycles. The molecule has 0 heterocycles. The SMILES string of the molecule is Cc1cc2ccc1C#Cc1ccc(cc1C)C#Cc1ccc(c(C)c1)C#Cc1ccc(cc1C)C#Cc1ccc(c(C)c1)C#Cc1ccc(cc1C)C#Cc1ccc(c(C)c1)C#Cc1ccc(cc1C)C#C2. The quantitative estimate of drug-likeness (QED) is 0.133. The first-order valence-corrected chi connectivity index (χ1v) is 23.9. The molecular weight excluding hydrogens is 865 g/mol. The number of hydrogen-bond acceptors (Lipinski definition) is 0. The van der Waals surface area contributed by atoms with E-state index in [4.69, 9.17) is 0 Å². The van der Waals surface area contributed by atoms with Crippen molar-refractivity contribution in [3.05, 3.63) is 279 Å². The van der Waals surface area contributed by atoms with Crippen molar-refractivity contribution >= 4 is 0 Å². The summed E-state index contributed by atoms with van der Waals surface area (Å²) in [6.07, 6.45) is 0. The van der Waals surface area contributed by atoms with Crippen LogP contribution in [-0.2, 0) is 0 Å². The fourth-order valence-electron chi connectivity index (χ4n) is 8.17. The van der Waals surface area contributed by atoms with Crippen molar-refractivity contribution in [3.63, 3.8) is 0 Å². The number of rotatable bonds is 0. The van der Waals surface area contributed by atoms with Gasteiger partial charge in [-0.15, -0.1) is 0 Å². The van der Waals surface area contributed by atoms with E-state index in [1.165, 1.54) is 0 Å². The molecular formula is C72H48. The van der Waals surface area contributed by atoms with Gasteiger partial charge in [-0.25, -0.2) is 0 Å². The van der Waals surface area contributed by atoms with Gasteiger partial charge in [-0.2, -0.15) is 0 Å². The average molecular weight is 913 g/mol. The minimum atomic E-state index is 0.942.